The third kappa shape index (κ3) is 2.72. The topological polar surface area (TPSA) is 60.8 Å². The van der Waals surface area contributed by atoms with E-state index < -0.39 is 5.60 Å². The number of likely N-dealkylation sites (tertiary alicyclic amines) is 1. The fourth-order valence-corrected chi connectivity index (χ4v) is 2.96. The molecule has 0 bridgehead atoms. The predicted molar refractivity (Wildman–Crippen MR) is 81.4 cm³/mol. The number of piperidine rings is 1. The van der Waals surface area contributed by atoms with E-state index in [-0.39, 0.29) is 11.7 Å². The van der Waals surface area contributed by atoms with Gasteiger partial charge < -0.3 is 15.1 Å². The van der Waals surface area contributed by atoms with Crippen LogP contribution in [0.5, 0.6) is 5.75 Å². The van der Waals surface area contributed by atoms with Gasteiger partial charge in [-0.15, -0.1) is 0 Å². The third-order valence-corrected chi connectivity index (χ3v) is 4.06. The Balaban J connectivity index is 1.96. The summed E-state index contributed by atoms with van der Waals surface area (Å²) < 4.78 is 0. The van der Waals surface area contributed by atoms with E-state index in [2.05, 4.69) is 0 Å². The molecular formula is C17H19NO3. The van der Waals surface area contributed by atoms with Gasteiger partial charge in [0.05, 0.1) is 11.2 Å². The molecule has 21 heavy (non-hydrogen) atoms. The van der Waals surface area contributed by atoms with Crippen LogP contribution >= 0.6 is 0 Å². The van der Waals surface area contributed by atoms with E-state index in [1.807, 2.05) is 24.3 Å². The Bertz CT molecular complexity index is 693. The number of carbonyl (C=O) groups excluding carboxylic acids is 1. The average Bonchev–Trinajstić information content (AvgIpc) is 2.44. The number of rotatable bonds is 1. The SMILES string of the molecule is CC1(O)CCCN(C(=O)c2cc3ccccc3cc2O)C1. The lowest BCUT2D eigenvalue weighted by molar-refractivity contribution is -0.0108. The fraction of sp³-hybridized carbons (Fsp3) is 0.353. The number of hydrogen-bond donors (Lipinski definition) is 2. The molecule has 1 aliphatic rings. The minimum Gasteiger partial charge on any atom is -0.507 e. The van der Waals surface area contributed by atoms with E-state index >= 15 is 0 Å². The highest BCUT2D eigenvalue weighted by molar-refractivity contribution is 6.01. The molecule has 1 atom stereocenters. The smallest absolute Gasteiger partial charge is 0.257 e. The van der Waals surface area contributed by atoms with Gasteiger partial charge >= 0.3 is 0 Å². The Morgan fingerprint density at radius 1 is 1.24 bits per heavy atom. The average molecular weight is 285 g/mol. The molecule has 1 heterocycles. The molecule has 1 saturated heterocycles. The maximum Gasteiger partial charge on any atom is 0.257 e. The van der Waals surface area contributed by atoms with Crippen molar-refractivity contribution in [3.8, 4) is 5.75 Å². The van der Waals surface area contributed by atoms with Crippen LogP contribution in [0, 0.1) is 0 Å². The van der Waals surface area contributed by atoms with Gasteiger partial charge in [0, 0.05) is 13.1 Å². The molecule has 4 nitrogen and oxygen atoms in total. The largest absolute Gasteiger partial charge is 0.507 e. The minimum absolute atomic E-state index is 0.0103. The number of aromatic hydroxyl groups is 1. The predicted octanol–water partition coefficient (Wildman–Crippen LogP) is 2.53. The lowest BCUT2D eigenvalue weighted by Gasteiger charge is -2.37. The molecule has 1 fully saturated rings. The minimum atomic E-state index is -0.847. The van der Waals surface area contributed by atoms with Gasteiger partial charge in [0.15, 0.2) is 0 Å². The van der Waals surface area contributed by atoms with Crippen LogP contribution < -0.4 is 0 Å². The monoisotopic (exact) mass is 285 g/mol. The summed E-state index contributed by atoms with van der Waals surface area (Å²) in [6, 6.07) is 10.9. The lowest BCUT2D eigenvalue weighted by atomic mass is 9.94. The number of phenolic OH excluding ortho intramolecular Hbond substituents is 1. The van der Waals surface area contributed by atoms with Crippen molar-refractivity contribution >= 4 is 16.7 Å². The summed E-state index contributed by atoms with van der Waals surface area (Å²) in [6.45, 7) is 2.66. The van der Waals surface area contributed by atoms with Crippen molar-refractivity contribution in [3.63, 3.8) is 0 Å². The molecule has 0 aliphatic carbocycles. The maximum atomic E-state index is 12.6. The number of carbonyl (C=O) groups is 1. The van der Waals surface area contributed by atoms with Gasteiger partial charge in [0.1, 0.15) is 5.75 Å². The first-order valence-electron chi connectivity index (χ1n) is 7.20. The van der Waals surface area contributed by atoms with Crippen molar-refractivity contribution in [1.82, 2.24) is 4.90 Å². The van der Waals surface area contributed by atoms with Gasteiger partial charge in [-0.2, -0.15) is 0 Å². The number of aliphatic hydroxyl groups is 1. The molecule has 0 spiro atoms. The lowest BCUT2D eigenvalue weighted by Crippen LogP contribution is -2.48. The Hall–Kier alpha value is -2.07. The number of fused-ring (bicyclic) bond motifs is 1. The van der Waals surface area contributed by atoms with Crippen molar-refractivity contribution < 1.29 is 15.0 Å². The van der Waals surface area contributed by atoms with Crippen LogP contribution in [0.2, 0.25) is 0 Å². The van der Waals surface area contributed by atoms with E-state index in [1.165, 1.54) is 0 Å². The summed E-state index contributed by atoms with van der Waals surface area (Å²) in [4.78, 5) is 14.2. The van der Waals surface area contributed by atoms with Crippen molar-refractivity contribution in [3.05, 3.63) is 42.0 Å². The Labute approximate surface area is 123 Å². The summed E-state index contributed by atoms with van der Waals surface area (Å²) in [6.07, 6.45) is 1.47. The molecule has 1 unspecified atom stereocenters. The number of β-amino-alcohol motifs (C(OH)–C–C–N with tert-alkyl or cyclic N) is 1. The zero-order valence-electron chi connectivity index (χ0n) is 12.0. The van der Waals surface area contributed by atoms with E-state index in [0.29, 0.717) is 25.1 Å². The molecule has 0 radical (unpaired) electrons. The summed E-state index contributed by atoms with van der Waals surface area (Å²) >= 11 is 0. The zero-order chi connectivity index (χ0) is 15.0. The summed E-state index contributed by atoms with van der Waals surface area (Å²) in [5.41, 5.74) is -0.549. The van der Waals surface area contributed by atoms with Crippen molar-refractivity contribution in [2.45, 2.75) is 25.4 Å². The van der Waals surface area contributed by atoms with Crippen LogP contribution in [0.25, 0.3) is 10.8 Å². The van der Waals surface area contributed by atoms with E-state index in [9.17, 15) is 15.0 Å². The molecule has 4 heteroatoms. The second-order valence-electron chi connectivity index (χ2n) is 6.04. The van der Waals surface area contributed by atoms with Crippen LogP contribution in [0.3, 0.4) is 0 Å². The van der Waals surface area contributed by atoms with Crippen LogP contribution in [0.1, 0.15) is 30.1 Å². The van der Waals surface area contributed by atoms with Crippen molar-refractivity contribution in [1.29, 1.82) is 0 Å². The fourth-order valence-electron chi connectivity index (χ4n) is 2.96. The molecule has 110 valence electrons. The van der Waals surface area contributed by atoms with Gasteiger partial charge in [-0.3, -0.25) is 4.79 Å². The molecule has 1 aliphatic heterocycles. The quantitative estimate of drug-likeness (QED) is 0.846. The summed E-state index contributed by atoms with van der Waals surface area (Å²) in [5.74, 6) is -0.234. The second kappa shape index (κ2) is 5.04. The first-order chi connectivity index (χ1) is 9.96. The van der Waals surface area contributed by atoms with Crippen LogP contribution in [-0.4, -0.2) is 39.7 Å². The van der Waals surface area contributed by atoms with Gasteiger partial charge in [-0.25, -0.2) is 0 Å². The van der Waals surface area contributed by atoms with E-state index in [1.54, 1.807) is 24.0 Å². The number of hydrogen-bond acceptors (Lipinski definition) is 3. The number of amides is 1. The number of phenols is 1. The number of nitrogens with zero attached hydrogens (tertiary/aromatic N) is 1. The zero-order valence-corrected chi connectivity index (χ0v) is 12.0. The second-order valence-corrected chi connectivity index (χ2v) is 6.04. The van der Waals surface area contributed by atoms with Gasteiger partial charge in [-0.05, 0) is 42.7 Å². The first-order valence-corrected chi connectivity index (χ1v) is 7.20. The van der Waals surface area contributed by atoms with E-state index in [4.69, 9.17) is 0 Å². The van der Waals surface area contributed by atoms with Gasteiger partial charge in [-0.1, -0.05) is 24.3 Å². The maximum absolute atomic E-state index is 12.6. The molecule has 2 aromatic rings. The van der Waals surface area contributed by atoms with Crippen LogP contribution in [0.15, 0.2) is 36.4 Å². The van der Waals surface area contributed by atoms with Crippen molar-refractivity contribution in [2.75, 3.05) is 13.1 Å². The molecule has 0 aromatic heterocycles. The Kier molecular flexibility index (Phi) is 3.33. The Morgan fingerprint density at radius 2 is 1.90 bits per heavy atom. The molecule has 1 amide bonds. The molecule has 0 saturated carbocycles. The standard InChI is InChI=1S/C17H19NO3/c1-17(21)7-4-8-18(11-17)16(20)14-9-12-5-2-3-6-13(12)10-15(14)19/h2-3,5-6,9-10,19,21H,4,7-8,11H2,1H3. The summed E-state index contributed by atoms with van der Waals surface area (Å²) in [7, 11) is 0. The van der Waals surface area contributed by atoms with Crippen LogP contribution in [-0.2, 0) is 0 Å². The highest BCUT2D eigenvalue weighted by atomic mass is 16.3. The van der Waals surface area contributed by atoms with Crippen molar-refractivity contribution in [2.24, 2.45) is 0 Å². The molecular weight excluding hydrogens is 266 g/mol. The third-order valence-electron chi connectivity index (χ3n) is 4.06. The summed E-state index contributed by atoms with van der Waals surface area (Å²) in [5, 5.41) is 22.1. The molecule has 2 aromatic carbocycles. The molecule has 2 N–H and O–H groups in total. The first kappa shape index (κ1) is 13.9. The molecule has 3 rings (SSSR count). The van der Waals surface area contributed by atoms with E-state index in [0.717, 1.165) is 17.2 Å². The number of benzene rings is 2. The van der Waals surface area contributed by atoms with Crippen LogP contribution in [0.4, 0.5) is 0 Å². The van der Waals surface area contributed by atoms with Gasteiger partial charge in [0.25, 0.3) is 5.91 Å². The highest BCUT2D eigenvalue weighted by Gasteiger charge is 2.32. The highest BCUT2D eigenvalue weighted by Crippen LogP contribution is 2.28. The Morgan fingerprint density at radius 3 is 2.57 bits per heavy atom. The van der Waals surface area contributed by atoms with Gasteiger partial charge in [0.2, 0.25) is 0 Å². The normalized spacial score (nSPS) is 22.5.